The van der Waals surface area contributed by atoms with Gasteiger partial charge in [0.25, 0.3) is 0 Å². The fourth-order valence-electron chi connectivity index (χ4n) is 2.92. The predicted molar refractivity (Wildman–Crippen MR) is 90.4 cm³/mol. The van der Waals surface area contributed by atoms with Gasteiger partial charge in [0.2, 0.25) is 19.2 Å². The lowest BCUT2D eigenvalue weighted by atomic mass is 9.91. The summed E-state index contributed by atoms with van der Waals surface area (Å²) >= 11 is 0. The molecule has 0 heterocycles. The average Bonchev–Trinajstić information content (AvgIpc) is 2.51. The summed E-state index contributed by atoms with van der Waals surface area (Å²) in [7, 11) is -3.11. The summed E-state index contributed by atoms with van der Waals surface area (Å²) in [4.78, 5) is 32.9. The minimum Gasteiger partial charge on any atom is -0.354 e. The second kappa shape index (κ2) is 10.1. The normalized spacial score (nSPS) is 19.6. The number of nitrogens with two attached hydrogens (primary N) is 1. The van der Waals surface area contributed by atoms with Gasteiger partial charge in [-0.05, 0) is 32.1 Å². The molecule has 0 aromatic rings. The molecule has 1 saturated carbocycles. The van der Waals surface area contributed by atoms with Gasteiger partial charge < -0.3 is 21.3 Å². The van der Waals surface area contributed by atoms with Crippen LogP contribution < -0.4 is 16.4 Å². The van der Waals surface area contributed by atoms with Crippen LogP contribution in [0.15, 0.2) is 0 Å². The van der Waals surface area contributed by atoms with Crippen LogP contribution in [0.2, 0.25) is 0 Å². The smallest absolute Gasteiger partial charge is 0.242 e. The van der Waals surface area contributed by atoms with Gasteiger partial charge in [0, 0.05) is 18.9 Å². The van der Waals surface area contributed by atoms with Gasteiger partial charge in [-0.1, -0.05) is 19.3 Å². The van der Waals surface area contributed by atoms with Crippen LogP contribution in [-0.2, 0) is 14.2 Å². The zero-order valence-corrected chi connectivity index (χ0v) is 14.8. The van der Waals surface area contributed by atoms with E-state index in [1.54, 1.807) is 6.92 Å². The second-order valence-electron chi connectivity index (χ2n) is 6.39. The van der Waals surface area contributed by atoms with Crippen molar-refractivity contribution in [2.75, 3.05) is 25.4 Å². The van der Waals surface area contributed by atoms with E-state index < -0.39 is 13.4 Å². The third-order valence-corrected chi connectivity index (χ3v) is 6.31. The standard InChI is InChI=1S/C15H30N3O4P/c1-12(18-14(19)10-16)15(20)17-8-5-9-23(21,22)11-13-6-3-2-4-7-13/h12-13H,2-11,16H2,1H3,(H,17,20)(H,18,19)(H,21,22)/t12-/m0/s1. The minimum atomic E-state index is -3.11. The van der Waals surface area contributed by atoms with Crippen LogP contribution in [-0.4, -0.2) is 48.2 Å². The van der Waals surface area contributed by atoms with Crippen molar-refractivity contribution in [3.8, 4) is 0 Å². The lowest BCUT2D eigenvalue weighted by Gasteiger charge is -2.24. The van der Waals surface area contributed by atoms with Crippen molar-refractivity contribution in [2.45, 2.75) is 51.5 Å². The monoisotopic (exact) mass is 347 g/mol. The Balaban J connectivity index is 2.20. The molecule has 1 aliphatic rings. The van der Waals surface area contributed by atoms with Crippen LogP contribution in [0.3, 0.4) is 0 Å². The SMILES string of the molecule is C[C@H](NC(=O)CN)C(=O)NCCCP(=O)(O)CC1CCCCC1. The van der Waals surface area contributed by atoms with E-state index in [-0.39, 0.29) is 24.5 Å². The van der Waals surface area contributed by atoms with E-state index in [1.807, 2.05) is 0 Å². The second-order valence-corrected chi connectivity index (χ2v) is 8.90. The zero-order chi connectivity index (χ0) is 17.3. The highest BCUT2D eigenvalue weighted by atomic mass is 31.2. The van der Waals surface area contributed by atoms with Crippen LogP contribution in [0, 0.1) is 5.92 Å². The molecule has 2 atom stereocenters. The van der Waals surface area contributed by atoms with Gasteiger partial charge in [-0.3, -0.25) is 14.2 Å². The molecule has 5 N–H and O–H groups in total. The molecule has 0 aliphatic heterocycles. The first-order chi connectivity index (χ1) is 10.8. The third kappa shape index (κ3) is 8.49. The maximum atomic E-state index is 12.2. The van der Waals surface area contributed by atoms with E-state index in [2.05, 4.69) is 10.6 Å². The molecule has 0 bridgehead atoms. The third-order valence-electron chi connectivity index (χ3n) is 4.21. The first-order valence-corrected chi connectivity index (χ1v) is 10.4. The Morgan fingerprint density at radius 1 is 1.30 bits per heavy atom. The topological polar surface area (TPSA) is 122 Å². The molecule has 1 aliphatic carbocycles. The summed E-state index contributed by atoms with van der Waals surface area (Å²) in [5, 5.41) is 5.12. The molecular formula is C15H30N3O4P. The van der Waals surface area contributed by atoms with Crippen molar-refractivity contribution in [1.82, 2.24) is 10.6 Å². The largest absolute Gasteiger partial charge is 0.354 e. The van der Waals surface area contributed by atoms with E-state index in [1.165, 1.54) is 6.42 Å². The van der Waals surface area contributed by atoms with E-state index in [4.69, 9.17) is 5.73 Å². The molecule has 8 heteroatoms. The molecule has 0 aromatic heterocycles. The summed E-state index contributed by atoms with van der Waals surface area (Å²) in [6.07, 6.45) is 6.76. The quantitative estimate of drug-likeness (QED) is 0.363. The molecule has 1 unspecified atom stereocenters. The van der Waals surface area contributed by atoms with Crippen LogP contribution >= 0.6 is 7.37 Å². The molecule has 1 fully saturated rings. The fraction of sp³-hybridized carbons (Fsp3) is 0.867. The summed E-state index contributed by atoms with van der Waals surface area (Å²) in [6, 6.07) is -0.658. The van der Waals surface area contributed by atoms with E-state index in [0.29, 0.717) is 25.0 Å². The Kier molecular flexibility index (Phi) is 8.81. The van der Waals surface area contributed by atoms with E-state index in [9.17, 15) is 19.0 Å². The average molecular weight is 347 g/mol. The first kappa shape index (κ1) is 20.1. The van der Waals surface area contributed by atoms with Gasteiger partial charge in [-0.2, -0.15) is 0 Å². The number of amides is 2. The molecule has 7 nitrogen and oxygen atoms in total. The van der Waals surface area contributed by atoms with Crippen LogP contribution in [0.5, 0.6) is 0 Å². The number of hydrogen-bond donors (Lipinski definition) is 4. The molecule has 23 heavy (non-hydrogen) atoms. The molecule has 134 valence electrons. The molecule has 0 aromatic carbocycles. The Hall–Kier alpha value is -0.910. The minimum absolute atomic E-state index is 0.160. The maximum absolute atomic E-state index is 12.2. The lowest BCUT2D eigenvalue weighted by Crippen LogP contribution is -2.46. The van der Waals surface area contributed by atoms with Gasteiger partial charge in [-0.15, -0.1) is 0 Å². The predicted octanol–water partition coefficient (Wildman–Crippen LogP) is 0.807. The summed E-state index contributed by atoms with van der Waals surface area (Å²) in [5.74, 6) is -0.326. The Labute approximate surface area is 138 Å². The van der Waals surface area contributed by atoms with Crippen molar-refractivity contribution in [2.24, 2.45) is 11.7 Å². The molecule has 0 spiro atoms. The van der Waals surface area contributed by atoms with Gasteiger partial charge in [0.1, 0.15) is 6.04 Å². The highest BCUT2D eigenvalue weighted by Gasteiger charge is 2.25. The van der Waals surface area contributed by atoms with Crippen LogP contribution in [0.1, 0.15) is 45.4 Å². The van der Waals surface area contributed by atoms with E-state index >= 15 is 0 Å². The maximum Gasteiger partial charge on any atom is 0.242 e. The van der Waals surface area contributed by atoms with Crippen molar-refractivity contribution < 1.29 is 19.0 Å². The van der Waals surface area contributed by atoms with Gasteiger partial charge in [0.05, 0.1) is 6.54 Å². The lowest BCUT2D eigenvalue weighted by molar-refractivity contribution is -0.127. The fourth-order valence-corrected chi connectivity index (χ4v) is 4.93. The van der Waals surface area contributed by atoms with Crippen molar-refractivity contribution in [1.29, 1.82) is 0 Å². The van der Waals surface area contributed by atoms with E-state index in [0.717, 1.165) is 25.7 Å². The highest BCUT2D eigenvalue weighted by molar-refractivity contribution is 7.57. The summed E-state index contributed by atoms with van der Waals surface area (Å²) in [5.41, 5.74) is 5.16. The van der Waals surface area contributed by atoms with Gasteiger partial charge in [0.15, 0.2) is 0 Å². The Morgan fingerprint density at radius 2 is 1.96 bits per heavy atom. The summed E-state index contributed by atoms with van der Waals surface area (Å²) < 4.78 is 12.2. The molecule has 0 radical (unpaired) electrons. The highest BCUT2D eigenvalue weighted by Crippen LogP contribution is 2.45. The van der Waals surface area contributed by atoms with Crippen molar-refractivity contribution in [3.05, 3.63) is 0 Å². The number of nitrogens with one attached hydrogen (secondary N) is 2. The molecule has 2 amide bonds. The van der Waals surface area contributed by atoms with Crippen LogP contribution in [0.25, 0.3) is 0 Å². The van der Waals surface area contributed by atoms with Crippen molar-refractivity contribution >= 4 is 19.2 Å². The number of carbonyl (C=O) groups is 2. The molecule has 0 saturated heterocycles. The number of hydrogen-bond acceptors (Lipinski definition) is 4. The number of carbonyl (C=O) groups excluding carboxylic acids is 2. The molecule has 1 rings (SSSR count). The number of rotatable bonds is 9. The van der Waals surface area contributed by atoms with Gasteiger partial charge >= 0.3 is 0 Å². The Morgan fingerprint density at radius 3 is 2.57 bits per heavy atom. The summed E-state index contributed by atoms with van der Waals surface area (Å²) in [6.45, 7) is 1.74. The van der Waals surface area contributed by atoms with Gasteiger partial charge in [-0.25, -0.2) is 0 Å². The molecular weight excluding hydrogens is 317 g/mol. The van der Waals surface area contributed by atoms with Crippen molar-refractivity contribution in [3.63, 3.8) is 0 Å². The first-order valence-electron chi connectivity index (χ1n) is 8.42. The van der Waals surface area contributed by atoms with Crippen LogP contribution in [0.4, 0.5) is 0 Å². The zero-order valence-electron chi connectivity index (χ0n) is 13.9. The Bertz CT molecular complexity index is 438.